The van der Waals surface area contributed by atoms with Crippen LogP contribution in [0.25, 0.3) is 0 Å². The minimum absolute atomic E-state index is 0.00586. The maximum atomic E-state index is 12.7. The molecule has 0 spiro atoms. The van der Waals surface area contributed by atoms with Gasteiger partial charge in [-0.05, 0) is 22.3 Å². The Labute approximate surface area is 154 Å². The Kier molecular flexibility index (Phi) is 4.80. The number of carbonyl (C=O) groups is 1. The van der Waals surface area contributed by atoms with Gasteiger partial charge in [-0.25, -0.2) is 0 Å². The van der Waals surface area contributed by atoms with Crippen molar-refractivity contribution in [2.24, 2.45) is 0 Å². The Balaban J connectivity index is 1.46. The van der Waals surface area contributed by atoms with Crippen LogP contribution in [0.15, 0.2) is 84.9 Å². The summed E-state index contributed by atoms with van der Waals surface area (Å²) in [5.41, 5.74) is 4.83. The van der Waals surface area contributed by atoms with Crippen LogP contribution in [0.2, 0.25) is 0 Å². The van der Waals surface area contributed by atoms with Crippen molar-refractivity contribution in [3.8, 4) is 0 Å². The molecule has 3 nitrogen and oxygen atoms in total. The SMILES string of the molecule is O=C(CNC(c1ccccc1)c1ccccc1)N1Cc2ccccc2C1. The summed E-state index contributed by atoms with van der Waals surface area (Å²) in [6.45, 7) is 1.73. The first-order valence-electron chi connectivity index (χ1n) is 8.99. The van der Waals surface area contributed by atoms with Gasteiger partial charge < -0.3 is 4.90 Å². The van der Waals surface area contributed by atoms with Crippen molar-refractivity contribution in [3.05, 3.63) is 107 Å². The third-order valence-corrected chi connectivity index (χ3v) is 4.92. The average molecular weight is 342 g/mol. The predicted octanol–water partition coefficient (Wildman–Crippen LogP) is 3.91. The van der Waals surface area contributed by atoms with Crippen LogP contribution in [0.4, 0.5) is 0 Å². The molecule has 0 fully saturated rings. The van der Waals surface area contributed by atoms with Gasteiger partial charge in [0.15, 0.2) is 0 Å². The fourth-order valence-electron chi connectivity index (χ4n) is 3.53. The topological polar surface area (TPSA) is 32.3 Å². The van der Waals surface area contributed by atoms with E-state index in [0.717, 1.165) is 11.1 Å². The molecular formula is C23H22N2O. The van der Waals surface area contributed by atoms with Gasteiger partial charge in [0.2, 0.25) is 5.91 Å². The van der Waals surface area contributed by atoms with Gasteiger partial charge in [0.05, 0.1) is 12.6 Å². The molecular weight excluding hydrogens is 320 g/mol. The predicted molar refractivity (Wildman–Crippen MR) is 103 cm³/mol. The van der Waals surface area contributed by atoms with E-state index in [2.05, 4.69) is 41.7 Å². The summed E-state index contributed by atoms with van der Waals surface area (Å²) in [7, 11) is 0. The van der Waals surface area contributed by atoms with Crippen molar-refractivity contribution < 1.29 is 4.79 Å². The molecule has 3 aromatic rings. The molecule has 0 aliphatic carbocycles. The largest absolute Gasteiger partial charge is 0.333 e. The normalized spacial score (nSPS) is 13.0. The van der Waals surface area contributed by atoms with Gasteiger partial charge in [-0.1, -0.05) is 84.9 Å². The molecule has 3 aromatic carbocycles. The van der Waals surface area contributed by atoms with Crippen LogP contribution in [-0.2, 0) is 17.9 Å². The monoisotopic (exact) mass is 342 g/mol. The number of rotatable bonds is 5. The van der Waals surface area contributed by atoms with Crippen LogP contribution in [0.5, 0.6) is 0 Å². The Morgan fingerprint density at radius 1 is 0.769 bits per heavy atom. The highest BCUT2D eigenvalue weighted by molar-refractivity contribution is 5.79. The minimum atomic E-state index is 0.00586. The smallest absolute Gasteiger partial charge is 0.237 e. The zero-order valence-corrected chi connectivity index (χ0v) is 14.6. The number of hydrogen-bond acceptors (Lipinski definition) is 2. The third-order valence-electron chi connectivity index (χ3n) is 4.92. The lowest BCUT2D eigenvalue weighted by atomic mass is 9.99. The molecule has 4 rings (SSSR count). The lowest BCUT2D eigenvalue weighted by Gasteiger charge is -2.22. The Hall–Kier alpha value is -2.91. The molecule has 0 unspecified atom stereocenters. The van der Waals surface area contributed by atoms with Gasteiger partial charge in [0.1, 0.15) is 0 Å². The molecule has 0 saturated heterocycles. The summed E-state index contributed by atoms with van der Waals surface area (Å²) >= 11 is 0. The zero-order valence-electron chi connectivity index (χ0n) is 14.6. The highest BCUT2D eigenvalue weighted by Gasteiger charge is 2.23. The van der Waals surface area contributed by atoms with Crippen molar-refractivity contribution in [2.75, 3.05) is 6.54 Å². The lowest BCUT2D eigenvalue weighted by Crippen LogP contribution is -2.36. The maximum Gasteiger partial charge on any atom is 0.237 e. The Bertz CT molecular complexity index is 812. The molecule has 1 N–H and O–H groups in total. The van der Waals surface area contributed by atoms with Gasteiger partial charge in [0, 0.05) is 13.1 Å². The van der Waals surface area contributed by atoms with Crippen molar-refractivity contribution in [1.29, 1.82) is 0 Å². The molecule has 0 bridgehead atoms. The van der Waals surface area contributed by atoms with Crippen molar-refractivity contribution in [1.82, 2.24) is 10.2 Å². The van der Waals surface area contributed by atoms with Gasteiger partial charge in [0.25, 0.3) is 0 Å². The molecule has 130 valence electrons. The van der Waals surface area contributed by atoms with Gasteiger partial charge in [-0.2, -0.15) is 0 Å². The third kappa shape index (κ3) is 3.53. The van der Waals surface area contributed by atoms with Crippen LogP contribution >= 0.6 is 0 Å². The van der Waals surface area contributed by atoms with E-state index < -0.39 is 0 Å². The molecule has 1 heterocycles. The first-order chi connectivity index (χ1) is 12.8. The zero-order chi connectivity index (χ0) is 17.8. The van der Waals surface area contributed by atoms with Gasteiger partial charge in [-0.15, -0.1) is 0 Å². The first-order valence-corrected chi connectivity index (χ1v) is 8.99. The maximum absolute atomic E-state index is 12.7. The fraction of sp³-hybridized carbons (Fsp3) is 0.174. The van der Waals surface area contributed by atoms with E-state index in [9.17, 15) is 4.79 Å². The van der Waals surface area contributed by atoms with Crippen LogP contribution in [-0.4, -0.2) is 17.4 Å². The number of hydrogen-bond donors (Lipinski definition) is 1. The van der Waals surface area contributed by atoms with Crippen LogP contribution < -0.4 is 5.32 Å². The summed E-state index contributed by atoms with van der Waals surface area (Å²) in [5, 5.41) is 3.46. The van der Waals surface area contributed by atoms with Crippen molar-refractivity contribution >= 4 is 5.91 Å². The van der Waals surface area contributed by atoms with E-state index in [0.29, 0.717) is 19.6 Å². The fourth-order valence-corrected chi connectivity index (χ4v) is 3.53. The summed E-state index contributed by atoms with van der Waals surface area (Å²) in [4.78, 5) is 14.7. The minimum Gasteiger partial charge on any atom is -0.333 e. The number of fused-ring (bicyclic) bond motifs is 1. The molecule has 0 atom stereocenters. The summed E-state index contributed by atoms with van der Waals surface area (Å²) in [6, 6.07) is 28.8. The number of carbonyl (C=O) groups excluding carboxylic acids is 1. The highest BCUT2D eigenvalue weighted by atomic mass is 16.2. The van der Waals surface area contributed by atoms with Crippen molar-refractivity contribution in [2.45, 2.75) is 19.1 Å². The van der Waals surface area contributed by atoms with E-state index >= 15 is 0 Å². The second-order valence-electron chi connectivity index (χ2n) is 6.65. The molecule has 3 heteroatoms. The number of benzene rings is 3. The molecule has 0 saturated carbocycles. The summed E-state index contributed by atoms with van der Waals surface area (Å²) < 4.78 is 0. The molecule has 0 radical (unpaired) electrons. The second kappa shape index (κ2) is 7.54. The van der Waals surface area contributed by atoms with Crippen molar-refractivity contribution in [3.63, 3.8) is 0 Å². The Morgan fingerprint density at radius 3 is 1.73 bits per heavy atom. The quantitative estimate of drug-likeness (QED) is 0.762. The number of amides is 1. The van der Waals surface area contributed by atoms with Gasteiger partial charge in [-0.3, -0.25) is 10.1 Å². The number of nitrogens with one attached hydrogen (secondary N) is 1. The van der Waals surface area contributed by atoms with E-state index in [-0.39, 0.29) is 11.9 Å². The standard InChI is InChI=1S/C23H22N2O/c26-22(25-16-20-13-7-8-14-21(20)17-25)15-24-23(18-9-3-1-4-10-18)19-11-5-2-6-12-19/h1-14,23-24H,15-17H2. The van der Waals surface area contributed by atoms with E-state index in [4.69, 9.17) is 0 Å². The van der Waals surface area contributed by atoms with Gasteiger partial charge >= 0.3 is 0 Å². The summed E-state index contributed by atoms with van der Waals surface area (Å²) in [6.07, 6.45) is 0. The number of nitrogens with zero attached hydrogens (tertiary/aromatic N) is 1. The van der Waals surface area contributed by atoms with Crippen LogP contribution in [0.1, 0.15) is 28.3 Å². The average Bonchev–Trinajstić information content (AvgIpc) is 3.14. The molecule has 1 aliphatic heterocycles. The Morgan fingerprint density at radius 2 is 1.23 bits per heavy atom. The van der Waals surface area contributed by atoms with E-state index in [1.165, 1.54) is 11.1 Å². The van der Waals surface area contributed by atoms with E-state index in [1.807, 2.05) is 53.4 Å². The molecule has 0 aromatic heterocycles. The highest BCUT2D eigenvalue weighted by Crippen LogP contribution is 2.24. The van der Waals surface area contributed by atoms with Crippen LogP contribution in [0.3, 0.4) is 0 Å². The second-order valence-corrected chi connectivity index (χ2v) is 6.65. The summed E-state index contributed by atoms with van der Waals surface area (Å²) in [5.74, 6) is 0.137. The van der Waals surface area contributed by atoms with E-state index in [1.54, 1.807) is 0 Å². The first kappa shape index (κ1) is 16.6. The lowest BCUT2D eigenvalue weighted by molar-refractivity contribution is -0.130. The molecule has 1 amide bonds. The van der Waals surface area contributed by atoms with Crippen LogP contribution in [0, 0.1) is 0 Å². The molecule has 26 heavy (non-hydrogen) atoms. The molecule has 1 aliphatic rings.